The van der Waals surface area contributed by atoms with Gasteiger partial charge >= 0.3 is 5.97 Å². The number of aliphatic carboxylic acids is 1. The number of hydrogen-bond donors (Lipinski definition) is 2. The highest BCUT2D eigenvalue weighted by molar-refractivity contribution is 5.80. The van der Waals surface area contributed by atoms with Crippen LogP contribution in [-0.4, -0.2) is 22.8 Å². The predicted octanol–water partition coefficient (Wildman–Crippen LogP) is 6.44. The number of aliphatic hydroxyl groups is 1. The minimum absolute atomic E-state index is 0.250. The number of carbonyl (C=O) groups is 1. The van der Waals surface area contributed by atoms with Crippen LogP contribution < -0.4 is 0 Å². The van der Waals surface area contributed by atoms with Gasteiger partial charge < -0.3 is 10.2 Å². The van der Waals surface area contributed by atoms with Crippen molar-refractivity contribution in [3.8, 4) is 0 Å². The van der Waals surface area contributed by atoms with Gasteiger partial charge in [0.1, 0.15) is 0 Å². The van der Waals surface area contributed by atoms with E-state index in [0.29, 0.717) is 0 Å². The number of aliphatic hydroxyl groups excluding tert-OH is 1. The molecular formula is C22H40O3. The van der Waals surface area contributed by atoms with Crippen LogP contribution in [-0.2, 0) is 4.79 Å². The number of hydrogen-bond acceptors (Lipinski definition) is 2. The second-order valence-electron chi connectivity index (χ2n) is 6.15. The van der Waals surface area contributed by atoms with E-state index in [1.165, 1.54) is 76.7 Å². The Hall–Kier alpha value is -1.35. The van der Waals surface area contributed by atoms with E-state index < -0.39 is 5.97 Å². The monoisotopic (exact) mass is 352 g/mol. The molecule has 0 spiro atoms. The Morgan fingerprint density at radius 2 is 1.16 bits per heavy atom. The first-order chi connectivity index (χ1) is 12.2. The number of carboxylic acids is 1. The smallest absolute Gasteiger partial charge is 0.328 e. The first kappa shape index (κ1) is 25.9. The third-order valence-corrected chi connectivity index (χ3v) is 3.68. The Morgan fingerprint density at radius 1 is 0.720 bits per heavy atom. The Bertz CT molecular complexity index is 343. The fourth-order valence-corrected chi connectivity index (χ4v) is 2.37. The normalized spacial score (nSPS) is 11.3. The lowest BCUT2D eigenvalue weighted by Gasteiger charge is -2.01. The van der Waals surface area contributed by atoms with Gasteiger partial charge in [0.25, 0.3) is 0 Å². The molecule has 0 atom stereocenters. The molecule has 0 unspecified atom stereocenters. The van der Waals surface area contributed by atoms with E-state index in [1.54, 1.807) is 13.0 Å². The Labute approximate surface area is 155 Å². The van der Waals surface area contributed by atoms with E-state index in [4.69, 9.17) is 10.2 Å². The minimum atomic E-state index is -0.908. The third-order valence-electron chi connectivity index (χ3n) is 3.68. The van der Waals surface area contributed by atoms with Gasteiger partial charge in [0, 0.05) is 12.7 Å². The molecule has 3 nitrogen and oxygen atoms in total. The molecule has 0 rings (SSSR count). The molecule has 3 heteroatoms. The molecule has 0 aliphatic heterocycles. The Balaban J connectivity index is 0. The molecule has 0 aliphatic rings. The Morgan fingerprint density at radius 3 is 1.64 bits per heavy atom. The van der Waals surface area contributed by atoms with E-state index in [-0.39, 0.29) is 6.61 Å². The summed E-state index contributed by atoms with van der Waals surface area (Å²) in [6.45, 7) is 4.20. The zero-order valence-electron chi connectivity index (χ0n) is 16.5. The van der Waals surface area contributed by atoms with Crippen molar-refractivity contribution in [2.24, 2.45) is 0 Å². The molecule has 0 aromatic rings. The van der Waals surface area contributed by atoms with E-state index in [0.717, 1.165) is 12.5 Å². The maximum Gasteiger partial charge on any atom is 0.328 e. The van der Waals surface area contributed by atoms with Gasteiger partial charge in [-0.15, -0.1) is 0 Å². The number of allylic oxidation sites excluding steroid dienone is 5. The van der Waals surface area contributed by atoms with Gasteiger partial charge in [0.2, 0.25) is 0 Å². The highest BCUT2D eigenvalue weighted by Gasteiger charge is 1.92. The van der Waals surface area contributed by atoms with Gasteiger partial charge in [-0.1, -0.05) is 102 Å². The van der Waals surface area contributed by atoms with Gasteiger partial charge in [-0.25, -0.2) is 4.79 Å². The van der Waals surface area contributed by atoms with Crippen LogP contribution in [0.4, 0.5) is 0 Å². The molecule has 25 heavy (non-hydrogen) atoms. The summed E-state index contributed by atoms with van der Waals surface area (Å²) in [5, 5.41) is 16.0. The summed E-state index contributed by atoms with van der Waals surface area (Å²) in [5.74, 6) is -0.908. The summed E-state index contributed by atoms with van der Waals surface area (Å²) in [6.07, 6.45) is 26.7. The molecule has 0 aliphatic carbocycles. The van der Waals surface area contributed by atoms with Crippen molar-refractivity contribution in [1.29, 1.82) is 0 Å². The van der Waals surface area contributed by atoms with Crippen molar-refractivity contribution in [3.05, 3.63) is 36.5 Å². The van der Waals surface area contributed by atoms with E-state index in [2.05, 4.69) is 13.0 Å². The maximum atomic E-state index is 10.2. The fourth-order valence-electron chi connectivity index (χ4n) is 2.37. The molecular weight excluding hydrogens is 312 g/mol. The molecule has 0 bridgehead atoms. The van der Waals surface area contributed by atoms with Crippen LogP contribution >= 0.6 is 0 Å². The van der Waals surface area contributed by atoms with Crippen molar-refractivity contribution >= 4 is 5.97 Å². The summed E-state index contributed by atoms with van der Waals surface area (Å²) in [5.41, 5.74) is 0. The first-order valence-corrected chi connectivity index (χ1v) is 10.0. The lowest BCUT2D eigenvalue weighted by molar-refractivity contribution is -0.131. The Kier molecular flexibility index (Phi) is 25.8. The molecule has 0 amide bonds. The van der Waals surface area contributed by atoms with Crippen LogP contribution in [0.1, 0.15) is 90.9 Å². The topological polar surface area (TPSA) is 57.5 Å². The molecule has 146 valence electrons. The average molecular weight is 353 g/mol. The van der Waals surface area contributed by atoms with E-state index >= 15 is 0 Å². The van der Waals surface area contributed by atoms with Crippen LogP contribution in [0.3, 0.4) is 0 Å². The largest absolute Gasteiger partial charge is 0.478 e. The van der Waals surface area contributed by atoms with Gasteiger partial charge in [-0.3, -0.25) is 0 Å². The lowest BCUT2D eigenvalue weighted by Crippen LogP contribution is -1.84. The number of unbranched alkanes of at least 4 members (excludes halogenated alkanes) is 11. The van der Waals surface area contributed by atoms with Gasteiger partial charge in [0.05, 0.1) is 0 Å². The van der Waals surface area contributed by atoms with Crippen LogP contribution in [0.5, 0.6) is 0 Å². The molecule has 0 aromatic carbocycles. The molecule has 0 heterocycles. The van der Waals surface area contributed by atoms with Crippen molar-refractivity contribution in [2.75, 3.05) is 6.61 Å². The van der Waals surface area contributed by atoms with Gasteiger partial charge in [-0.05, 0) is 19.8 Å². The maximum absolute atomic E-state index is 10.2. The van der Waals surface area contributed by atoms with Crippen molar-refractivity contribution in [2.45, 2.75) is 90.9 Å². The third kappa shape index (κ3) is 31.0. The van der Waals surface area contributed by atoms with Gasteiger partial charge in [-0.2, -0.15) is 0 Å². The summed E-state index contributed by atoms with van der Waals surface area (Å²) >= 11 is 0. The molecule has 0 fully saturated rings. The van der Waals surface area contributed by atoms with Crippen molar-refractivity contribution in [3.63, 3.8) is 0 Å². The highest BCUT2D eigenvalue weighted by atomic mass is 16.4. The standard InChI is InChI=1S/C20H34O2.C2H6O/c1-2-3-4-5-6-7-8-9-10-11-12-13-14-15-16-17-18-19-20(21)22;1-2-3/h14-19H,2-13H2,1H3,(H,21,22);3H,2H2,1H3/b15-14-,17-16-,19-18?;. The highest BCUT2D eigenvalue weighted by Crippen LogP contribution is 2.11. The zero-order valence-corrected chi connectivity index (χ0v) is 16.5. The SMILES string of the molecule is CCCCCCCCCCCCC/C=C\C=C/C=CC(=O)O.CCO. The van der Waals surface area contributed by atoms with Crippen LogP contribution in [0.15, 0.2) is 36.5 Å². The molecule has 0 aromatic heterocycles. The van der Waals surface area contributed by atoms with E-state index in [9.17, 15) is 4.79 Å². The number of rotatable bonds is 15. The summed E-state index contributed by atoms with van der Waals surface area (Å²) in [6, 6.07) is 0. The predicted molar refractivity (Wildman–Crippen MR) is 109 cm³/mol. The number of carboxylic acid groups (broad SMARTS) is 1. The lowest BCUT2D eigenvalue weighted by atomic mass is 10.1. The molecule has 0 saturated carbocycles. The van der Waals surface area contributed by atoms with Gasteiger partial charge in [0.15, 0.2) is 0 Å². The minimum Gasteiger partial charge on any atom is -0.478 e. The zero-order chi connectivity index (χ0) is 19.0. The van der Waals surface area contributed by atoms with Crippen LogP contribution in [0.2, 0.25) is 0 Å². The van der Waals surface area contributed by atoms with Crippen LogP contribution in [0, 0.1) is 0 Å². The quantitative estimate of drug-likeness (QED) is 0.202. The van der Waals surface area contributed by atoms with Crippen molar-refractivity contribution < 1.29 is 15.0 Å². The summed E-state index contributed by atoms with van der Waals surface area (Å²) in [4.78, 5) is 10.2. The summed E-state index contributed by atoms with van der Waals surface area (Å²) < 4.78 is 0. The average Bonchev–Trinajstić information content (AvgIpc) is 2.58. The van der Waals surface area contributed by atoms with Crippen molar-refractivity contribution in [1.82, 2.24) is 0 Å². The second kappa shape index (κ2) is 24.9. The molecule has 2 N–H and O–H groups in total. The molecule has 0 radical (unpaired) electrons. The fraction of sp³-hybridized carbons (Fsp3) is 0.682. The first-order valence-electron chi connectivity index (χ1n) is 10.0. The molecule has 0 saturated heterocycles. The second-order valence-corrected chi connectivity index (χ2v) is 6.15. The van der Waals surface area contributed by atoms with Crippen LogP contribution in [0.25, 0.3) is 0 Å². The summed E-state index contributed by atoms with van der Waals surface area (Å²) in [7, 11) is 0. The van der Waals surface area contributed by atoms with E-state index in [1.807, 2.05) is 12.2 Å².